The van der Waals surface area contributed by atoms with Crippen molar-refractivity contribution >= 4 is 5.97 Å². The van der Waals surface area contributed by atoms with Gasteiger partial charge < -0.3 is 9.47 Å². The maximum atomic E-state index is 11.9. The van der Waals surface area contributed by atoms with Gasteiger partial charge in [0.15, 0.2) is 0 Å². The van der Waals surface area contributed by atoms with Gasteiger partial charge in [0.2, 0.25) is 6.04 Å². The molecular formula is C13H19NO5. The van der Waals surface area contributed by atoms with Gasteiger partial charge in [-0.05, 0) is 12.8 Å². The van der Waals surface area contributed by atoms with E-state index in [1.807, 2.05) is 13.8 Å². The number of ether oxygens (including phenoxy) is 2. The molecular weight excluding hydrogens is 250 g/mol. The minimum Gasteiger partial charge on any atom is -0.461 e. The van der Waals surface area contributed by atoms with Crippen molar-refractivity contribution in [2.24, 2.45) is 17.3 Å². The van der Waals surface area contributed by atoms with Crippen LogP contribution in [0.4, 0.5) is 0 Å². The number of carbonyl (C=O) groups is 1. The molecule has 5 atom stereocenters. The SMILES string of the molecule is CC1(C)[C@@H]2OCCC[C@@H]2[C@@H]1OC(=O)[C@@H]1C[C@@H]1[N+](=O)[O-]. The van der Waals surface area contributed by atoms with Crippen molar-refractivity contribution in [1.82, 2.24) is 0 Å². The molecule has 3 fully saturated rings. The average Bonchev–Trinajstić information content (AvgIpc) is 3.16. The second-order valence-electron chi connectivity index (χ2n) is 6.47. The van der Waals surface area contributed by atoms with Gasteiger partial charge in [0.25, 0.3) is 0 Å². The Morgan fingerprint density at radius 2 is 2.21 bits per heavy atom. The quantitative estimate of drug-likeness (QED) is 0.439. The Bertz CT molecular complexity index is 421. The predicted molar refractivity (Wildman–Crippen MR) is 65.0 cm³/mol. The van der Waals surface area contributed by atoms with Gasteiger partial charge in [0.1, 0.15) is 12.0 Å². The normalized spacial score (nSPS) is 42.7. The third kappa shape index (κ3) is 1.93. The fraction of sp³-hybridized carbons (Fsp3) is 0.923. The smallest absolute Gasteiger partial charge is 0.316 e. The number of fused-ring (bicyclic) bond motifs is 1. The molecule has 3 aliphatic rings. The molecule has 6 heteroatoms. The van der Waals surface area contributed by atoms with Crippen molar-refractivity contribution in [2.45, 2.75) is 51.4 Å². The largest absolute Gasteiger partial charge is 0.461 e. The summed E-state index contributed by atoms with van der Waals surface area (Å²) in [7, 11) is 0. The van der Waals surface area contributed by atoms with Crippen LogP contribution in [0.1, 0.15) is 33.1 Å². The zero-order chi connectivity index (χ0) is 13.8. The van der Waals surface area contributed by atoms with Crippen LogP contribution in [0, 0.1) is 27.4 Å². The Hall–Kier alpha value is -1.17. The van der Waals surface area contributed by atoms with Gasteiger partial charge >= 0.3 is 5.97 Å². The van der Waals surface area contributed by atoms with Gasteiger partial charge in [0, 0.05) is 29.3 Å². The van der Waals surface area contributed by atoms with Crippen LogP contribution in [0.25, 0.3) is 0 Å². The first-order valence-electron chi connectivity index (χ1n) is 6.88. The van der Waals surface area contributed by atoms with E-state index in [1.54, 1.807) is 0 Å². The topological polar surface area (TPSA) is 78.7 Å². The van der Waals surface area contributed by atoms with E-state index in [0.717, 1.165) is 19.4 Å². The van der Waals surface area contributed by atoms with E-state index in [1.165, 1.54) is 0 Å². The van der Waals surface area contributed by atoms with Crippen LogP contribution in [-0.4, -0.2) is 35.7 Å². The molecule has 0 amide bonds. The number of nitro groups is 1. The zero-order valence-electron chi connectivity index (χ0n) is 11.2. The summed E-state index contributed by atoms with van der Waals surface area (Å²) in [6.45, 7) is 4.85. The molecule has 2 saturated carbocycles. The maximum absolute atomic E-state index is 11.9. The van der Waals surface area contributed by atoms with E-state index in [9.17, 15) is 14.9 Å². The molecule has 1 aliphatic heterocycles. The van der Waals surface area contributed by atoms with Crippen molar-refractivity contribution in [3.05, 3.63) is 10.1 Å². The van der Waals surface area contributed by atoms with E-state index in [4.69, 9.17) is 9.47 Å². The lowest BCUT2D eigenvalue weighted by Gasteiger charge is -2.58. The molecule has 0 aromatic rings. The Kier molecular flexibility index (Phi) is 2.81. The van der Waals surface area contributed by atoms with Gasteiger partial charge in [-0.15, -0.1) is 0 Å². The molecule has 0 bridgehead atoms. The average molecular weight is 269 g/mol. The number of carbonyl (C=O) groups excluding carboxylic acids is 1. The summed E-state index contributed by atoms with van der Waals surface area (Å²) >= 11 is 0. The molecule has 0 spiro atoms. The van der Waals surface area contributed by atoms with Gasteiger partial charge in [-0.1, -0.05) is 13.8 Å². The zero-order valence-corrected chi connectivity index (χ0v) is 11.2. The van der Waals surface area contributed by atoms with Crippen LogP contribution in [0.3, 0.4) is 0 Å². The molecule has 0 N–H and O–H groups in total. The Morgan fingerprint density at radius 1 is 1.47 bits per heavy atom. The van der Waals surface area contributed by atoms with Gasteiger partial charge in [-0.25, -0.2) is 0 Å². The minimum atomic E-state index is -0.728. The van der Waals surface area contributed by atoms with Gasteiger partial charge in [0.05, 0.1) is 6.10 Å². The number of hydrogen-bond acceptors (Lipinski definition) is 5. The van der Waals surface area contributed by atoms with Crippen LogP contribution in [0.2, 0.25) is 0 Å². The highest BCUT2D eigenvalue weighted by molar-refractivity contribution is 5.76. The second-order valence-corrected chi connectivity index (χ2v) is 6.47. The summed E-state index contributed by atoms with van der Waals surface area (Å²) in [5, 5.41) is 10.6. The molecule has 1 heterocycles. The summed E-state index contributed by atoms with van der Waals surface area (Å²) in [6.07, 6.45) is 2.33. The molecule has 106 valence electrons. The Labute approximate surface area is 111 Å². The molecule has 0 aromatic carbocycles. The lowest BCUT2D eigenvalue weighted by atomic mass is 9.57. The monoisotopic (exact) mass is 269 g/mol. The van der Waals surface area contributed by atoms with Crippen molar-refractivity contribution in [3.63, 3.8) is 0 Å². The molecule has 0 aromatic heterocycles. The predicted octanol–water partition coefficient (Wildman–Crippen LogP) is 1.40. The lowest BCUT2D eigenvalue weighted by molar-refractivity contribution is -0.497. The number of hydrogen-bond donors (Lipinski definition) is 0. The summed E-state index contributed by atoms with van der Waals surface area (Å²) in [5.74, 6) is -0.668. The molecule has 19 heavy (non-hydrogen) atoms. The fourth-order valence-corrected chi connectivity index (χ4v) is 3.60. The van der Waals surface area contributed by atoms with Crippen molar-refractivity contribution in [3.8, 4) is 0 Å². The Balaban J connectivity index is 1.61. The summed E-state index contributed by atoms with van der Waals surface area (Å²) in [4.78, 5) is 22.1. The summed E-state index contributed by atoms with van der Waals surface area (Å²) in [5.41, 5.74) is -0.181. The lowest BCUT2D eigenvalue weighted by Crippen LogP contribution is -2.65. The van der Waals surface area contributed by atoms with Crippen LogP contribution < -0.4 is 0 Å². The third-order valence-electron chi connectivity index (χ3n) is 4.80. The van der Waals surface area contributed by atoms with E-state index in [-0.39, 0.29) is 28.5 Å². The molecule has 2 aliphatic carbocycles. The molecule has 0 radical (unpaired) electrons. The number of esters is 1. The third-order valence-corrected chi connectivity index (χ3v) is 4.80. The van der Waals surface area contributed by atoms with E-state index < -0.39 is 17.9 Å². The van der Waals surface area contributed by atoms with E-state index >= 15 is 0 Å². The minimum absolute atomic E-state index is 0.154. The Morgan fingerprint density at radius 3 is 2.84 bits per heavy atom. The van der Waals surface area contributed by atoms with Crippen molar-refractivity contribution in [2.75, 3.05) is 6.61 Å². The summed E-state index contributed by atoms with van der Waals surface area (Å²) in [6, 6.07) is -0.728. The molecule has 6 nitrogen and oxygen atoms in total. The van der Waals surface area contributed by atoms with E-state index in [2.05, 4.69) is 0 Å². The van der Waals surface area contributed by atoms with Crippen LogP contribution in [0.15, 0.2) is 0 Å². The first-order chi connectivity index (χ1) is 8.93. The highest BCUT2D eigenvalue weighted by Gasteiger charge is 2.62. The first kappa shape index (κ1) is 12.8. The highest BCUT2D eigenvalue weighted by Crippen LogP contribution is 2.53. The molecule has 0 unspecified atom stereocenters. The van der Waals surface area contributed by atoms with Crippen molar-refractivity contribution < 1.29 is 19.2 Å². The van der Waals surface area contributed by atoms with Gasteiger partial charge in [-0.2, -0.15) is 0 Å². The highest BCUT2D eigenvalue weighted by atomic mass is 16.6. The number of rotatable bonds is 3. The standard InChI is InChI=1S/C13H19NO5/c1-13(2)10-7(4-3-5-18-10)11(13)19-12(15)8-6-9(8)14(16)17/h7-11H,3-6H2,1-2H3/t7-,8+,9-,10+,11-/m0/s1. The summed E-state index contributed by atoms with van der Waals surface area (Å²) < 4.78 is 11.3. The van der Waals surface area contributed by atoms with Crippen LogP contribution in [-0.2, 0) is 14.3 Å². The second kappa shape index (κ2) is 4.16. The van der Waals surface area contributed by atoms with Crippen LogP contribution >= 0.6 is 0 Å². The van der Waals surface area contributed by atoms with Crippen LogP contribution in [0.5, 0.6) is 0 Å². The fourth-order valence-electron chi connectivity index (χ4n) is 3.60. The van der Waals surface area contributed by atoms with E-state index in [0.29, 0.717) is 6.42 Å². The number of nitrogens with zero attached hydrogens (tertiary/aromatic N) is 1. The maximum Gasteiger partial charge on any atom is 0.316 e. The van der Waals surface area contributed by atoms with Gasteiger partial charge in [-0.3, -0.25) is 14.9 Å². The first-order valence-corrected chi connectivity index (χ1v) is 6.88. The van der Waals surface area contributed by atoms with Crippen molar-refractivity contribution in [1.29, 1.82) is 0 Å². The molecule has 3 rings (SSSR count). The molecule has 1 saturated heterocycles.